The van der Waals surface area contributed by atoms with Crippen LogP contribution in [0.3, 0.4) is 0 Å². The zero-order valence-corrected chi connectivity index (χ0v) is 18.6. The van der Waals surface area contributed by atoms with Crippen LogP contribution in [0.1, 0.15) is 32.7 Å². The summed E-state index contributed by atoms with van der Waals surface area (Å²) in [5.41, 5.74) is 3.28. The van der Waals surface area contributed by atoms with Crippen molar-refractivity contribution in [1.29, 1.82) is 0 Å². The van der Waals surface area contributed by atoms with Gasteiger partial charge in [-0.05, 0) is 32.8 Å². The maximum Gasteiger partial charge on any atom is 0.227 e. The van der Waals surface area contributed by atoms with Crippen LogP contribution >= 0.6 is 0 Å². The Morgan fingerprint density at radius 1 is 1.16 bits per heavy atom. The van der Waals surface area contributed by atoms with Gasteiger partial charge in [0.25, 0.3) is 0 Å². The van der Waals surface area contributed by atoms with Crippen molar-refractivity contribution in [2.75, 3.05) is 30.4 Å². The number of aromatic amines is 1. The van der Waals surface area contributed by atoms with Gasteiger partial charge in [0.05, 0.1) is 17.8 Å². The summed E-state index contributed by atoms with van der Waals surface area (Å²) >= 11 is 0. The Kier molecular flexibility index (Phi) is 5.48. The van der Waals surface area contributed by atoms with Gasteiger partial charge in [0.15, 0.2) is 0 Å². The second-order valence-corrected chi connectivity index (χ2v) is 8.41. The molecule has 1 aliphatic heterocycles. The SMILES string of the molecule is COC1CCN(c2nccc(Nc3cc4c(cn3)c(-c3cn[nH]c3)cn4C(C)C)n2)CC1. The molecular formula is C23H28N8O. The van der Waals surface area contributed by atoms with Crippen LogP contribution in [0.15, 0.2) is 43.1 Å². The first-order valence-electron chi connectivity index (χ1n) is 11.0. The molecule has 5 rings (SSSR count). The topological polar surface area (TPSA) is 96.8 Å². The molecule has 0 aromatic carbocycles. The molecule has 0 spiro atoms. The molecule has 0 radical (unpaired) electrons. The number of nitrogens with zero attached hydrogens (tertiary/aromatic N) is 6. The van der Waals surface area contributed by atoms with Crippen molar-refractivity contribution >= 4 is 28.5 Å². The summed E-state index contributed by atoms with van der Waals surface area (Å²) in [6.45, 7) is 6.14. The van der Waals surface area contributed by atoms with Crippen LogP contribution in [0.2, 0.25) is 0 Å². The highest BCUT2D eigenvalue weighted by Gasteiger charge is 2.21. The molecule has 32 heavy (non-hydrogen) atoms. The second-order valence-electron chi connectivity index (χ2n) is 8.41. The van der Waals surface area contributed by atoms with Crippen molar-refractivity contribution in [3.63, 3.8) is 0 Å². The van der Waals surface area contributed by atoms with E-state index in [0.29, 0.717) is 12.1 Å². The third kappa shape index (κ3) is 3.91. The van der Waals surface area contributed by atoms with Gasteiger partial charge in [-0.15, -0.1) is 0 Å². The van der Waals surface area contributed by atoms with Crippen molar-refractivity contribution in [2.24, 2.45) is 0 Å². The van der Waals surface area contributed by atoms with E-state index in [1.165, 1.54) is 0 Å². The molecule has 4 aromatic heterocycles. The first kappa shape index (κ1) is 20.4. The number of H-pyrrole nitrogens is 1. The number of aromatic nitrogens is 6. The highest BCUT2D eigenvalue weighted by Crippen LogP contribution is 2.33. The Bertz CT molecular complexity index is 1190. The molecular weight excluding hydrogens is 404 g/mol. The summed E-state index contributed by atoms with van der Waals surface area (Å²) in [4.78, 5) is 16.1. The van der Waals surface area contributed by atoms with Crippen molar-refractivity contribution in [1.82, 2.24) is 29.7 Å². The van der Waals surface area contributed by atoms with E-state index in [-0.39, 0.29) is 0 Å². The van der Waals surface area contributed by atoms with Gasteiger partial charge in [-0.3, -0.25) is 5.10 Å². The monoisotopic (exact) mass is 432 g/mol. The Labute approximate surface area is 186 Å². The number of methoxy groups -OCH3 is 1. The summed E-state index contributed by atoms with van der Waals surface area (Å²) in [6.07, 6.45) is 11.9. The predicted molar refractivity (Wildman–Crippen MR) is 125 cm³/mol. The van der Waals surface area contributed by atoms with Gasteiger partial charge in [-0.2, -0.15) is 10.1 Å². The Hall–Kier alpha value is -3.46. The molecule has 1 fully saturated rings. The first-order chi connectivity index (χ1) is 15.6. The lowest BCUT2D eigenvalue weighted by Gasteiger charge is -2.31. The van der Waals surface area contributed by atoms with E-state index in [2.05, 4.69) is 61.1 Å². The third-order valence-electron chi connectivity index (χ3n) is 6.04. The lowest BCUT2D eigenvalue weighted by Crippen LogP contribution is -2.37. The van der Waals surface area contributed by atoms with Crippen molar-refractivity contribution < 1.29 is 4.74 Å². The van der Waals surface area contributed by atoms with Crippen molar-refractivity contribution in [3.8, 4) is 11.1 Å². The van der Waals surface area contributed by atoms with Gasteiger partial charge in [0.2, 0.25) is 5.95 Å². The molecule has 0 unspecified atom stereocenters. The van der Waals surface area contributed by atoms with Gasteiger partial charge in [0, 0.05) is 73.6 Å². The third-order valence-corrected chi connectivity index (χ3v) is 6.04. The molecule has 9 nitrogen and oxygen atoms in total. The van der Waals surface area contributed by atoms with E-state index >= 15 is 0 Å². The van der Waals surface area contributed by atoms with E-state index in [9.17, 15) is 0 Å². The van der Waals surface area contributed by atoms with E-state index in [1.54, 1.807) is 13.3 Å². The predicted octanol–water partition coefficient (Wildman–Crippen LogP) is 4.16. The zero-order valence-electron chi connectivity index (χ0n) is 18.6. The molecule has 1 aliphatic rings. The minimum atomic E-state index is 0.314. The largest absolute Gasteiger partial charge is 0.381 e. The highest BCUT2D eigenvalue weighted by molar-refractivity contribution is 5.96. The Morgan fingerprint density at radius 2 is 2.00 bits per heavy atom. The van der Waals surface area contributed by atoms with Gasteiger partial charge in [-0.25, -0.2) is 9.97 Å². The number of piperidine rings is 1. The van der Waals surface area contributed by atoms with Gasteiger partial charge in [-0.1, -0.05) is 0 Å². The second kappa shape index (κ2) is 8.58. The number of pyridine rings is 1. The molecule has 0 saturated carbocycles. The van der Waals surface area contributed by atoms with Crippen LogP contribution in [0.4, 0.5) is 17.6 Å². The molecule has 5 heterocycles. The zero-order chi connectivity index (χ0) is 22.1. The average Bonchev–Trinajstić information content (AvgIpc) is 3.47. The fourth-order valence-corrected chi connectivity index (χ4v) is 4.26. The summed E-state index contributed by atoms with van der Waals surface area (Å²) < 4.78 is 7.73. The number of ether oxygens (including phenoxy) is 1. The van der Waals surface area contributed by atoms with Crippen LogP contribution in [0, 0.1) is 0 Å². The van der Waals surface area contributed by atoms with Crippen LogP contribution < -0.4 is 10.2 Å². The molecule has 9 heteroatoms. The summed E-state index contributed by atoms with van der Waals surface area (Å²) in [6, 6.07) is 4.26. The van der Waals surface area contributed by atoms with E-state index < -0.39 is 0 Å². The Morgan fingerprint density at radius 3 is 2.72 bits per heavy atom. The van der Waals surface area contributed by atoms with Crippen molar-refractivity contribution in [3.05, 3.63) is 43.1 Å². The number of anilines is 3. The number of rotatable bonds is 6. The van der Waals surface area contributed by atoms with Crippen molar-refractivity contribution in [2.45, 2.75) is 38.8 Å². The normalized spacial score (nSPS) is 15.1. The van der Waals surface area contributed by atoms with Gasteiger partial charge < -0.3 is 19.5 Å². The highest BCUT2D eigenvalue weighted by atomic mass is 16.5. The minimum absolute atomic E-state index is 0.314. The lowest BCUT2D eigenvalue weighted by atomic mass is 10.1. The minimum Gasteiger partial charge on any atom is -0.381 e. The molecule has 166 valence electrons. The van der Waals surface area contributed by atoms with E-state index in [1.807, 2.05) is 24.7 Å². The molecule has 0 aliphatic carbocycles. The fraction of sp³-hybridized carbons (Fsp3) is 0.391. The number of fused-ring (bicyclic) bond motifs is 1. The molecule has 0 bridgehead atoms. The van der Waals surface area contributed by atoms with Crippen LogP contribution in [0.25, 0.3) is 22.0 Å². The van der Waals surface area contributed by atoms with Gasteiger partial charge in [0.1, 0.15) is 11.6 Å². The quantitative estimate of drug-likeness (QED) is 0.472. The van der Waals surface area contributed by atoms with Crippen LogP contribution in [-0.4, -0.2) is 56.0 Å². The van der Waals surface area contributed by atoms with Gasteiger partial charge >= 0.3 is 0 Å². The molecule has 1 saturated heterocycles. The van der Waals surface area contributed by atoms with Crippen LogP contribution in [-0.2, 0) is 4.74 Å². The lowest BCUT2D eigenvalue weighted by molar-refractivity contribution is 0.0816. The number of nitrogens with one attached hydrogen (secondary N) is 2. The molecule has 0 atom stereocenters. The molecule has 2 N–H and O–H groups in total. The van der Waals surface area contributed by atoms with E-state index in [4.69, 9.17) is 9.72 Å². The maximum atomic E-state index is 5.47. The summed E-state index contributed by atoms with van der Waals surface area (Å²) in [7, 11) is 1.78. The van der Waals surface area contributed by atoms with Crippen LogP contribution in [0.5, 0.6) is 0 Å². The van der Waals surface area contributed by atoms with E-state index in [0.717, 1.165) is 65.5 Å². The summed E-state index contributed by atoms with van der Waals surface area (Å²) in [5, 5.41) is 11.4. The molecule has 4 aromatic rings. The number of hydrogen-bond donors (Lipinski definition) is 2. The molecule has 0 amide bonds. The number of hydrogen-bond acceptors (Lipinski definition) is 7. The average molecular weight is 433 g/mol. The first-order valence-corrected chi connectivity index (χ1v) is 11.0. The Balaban J connectivity index is 1.42. The maximum absolute atomic E-state index is 5.47. The standard InChI is InChI=1S/C23H28N8O/c1-15(2)31-14-19(16-11-26-27-12-16)18-13-25-22(10-20(18)31)28-21-4-7-24-23(29-21)30-8-5-17(32-3)6-9-30/h4,7,10-15,17H,5-6,8-9H2,1-3H3,(H,26,27)(H,24,25,28,29). The summed E-state index contributed by atoms with van der Waals surface area (Å²) in [5.74, 6) is 2.21. The smallest absolute Gasteiger partial charge is 0.227 e. The fourth-order valence-electron chi connectivity index (χ4n) is 4.26.